The standard InChI is InChI=1S/C14H21F2N2O6P.CH4FP/c1-7(2)23-25(20,21)24-9(4)12-5-10(15)13(22-12)18-6-11(16)8(3)17-14(18)19;2-1-3/h6-7,9-10,12-13H,3,5H2,1-2,4H3,(H,17,19)(H,20,21);1,3H2/t9-,10?,12?,13?;/m0./s1. The fraction of sp³-hybridized carbons (Fsp3) is 0.667. The van der Waals surface area contributed by atoms with E-state index < -0.39 is 50.4 Å². The van der Waals surface area contributed by atoms with Crippen molar-refractivity contribution in [3.05, 3.63) is 24.3 Å². The number of ether oxygens (including phenoxy) is 1. The molecule has 0 bridgehead atoms. The van der Waals surface area contributed by atoms with Gasteiger partial charge in [-0.1, -0.05) is 6.58 Å². The molecule has 0 spiro atoms. The molecule has 13 heteroatoms. The molecule has 28 heavy (non-hydrogen) atoms. The number of nitrogens with one attached hydrogen (secondary N) is 1. The zero-order valence-corrected chi connectivity index (χ0v) is 17.7. The number of alkyl halides is 2. The summed E-state index contributed by atoms with van der Waals surface area (Å²) in [5.74, 6) is -0.826. The highest BCUT2D eigenvalue weighted by molar-refractivity contribution is 7.47. The van der Waals surface area contributed by atoms with Crippen molar-refractivity contribution in [2.45, 2.75) is 57.9 Å². The highest BCUT2D eigenvalue weighted by atomic mass is 31.2. The van der Waals surface area contributed by atoms with Gasteiger partial charge in [0.25, 0.3) is 0 Å². The molecule has 2 aliphatic heterocycles. The van der Waals surface area contributed by atoms with Crippen molar-refractivity contribution in [2.75, 3.05) is 6.42 Å². The summed E-state index contributed by atoms with van der Waals surface area (Å²) in [6, 6.07) is -0.788. The Hall–Kier alpha value is -0.960. The van der Waals surface area contributed by atoms with Gasteiger partial charge in [-0.3, -0.25) is 13.9 Å². The largest absolute Gasteiger partial charge is 0.472 e. The second kappa shape index (κ2) is 10.7. The second-order valence-electron chi connectivity index (χ2n) is 6.20. The number of amides is 2. The molecule has 0 aromatic carbocycles. The maximum atomic E-state index is 14.3. The fourth-order valence-electron chi connectivity index (χ4n) is 2.47. The smallest absolute Gasteiger partial charge is 0.349 e. The first-order valence-corrected chi connectivity index (χ1v) is 10.6. The first-order valence-electron chi connectivity index (χ1n) is 8.32. The number of hydrogen-bond acceptors (Lipinski definition) is 5. The van der Waals surface area contributed by atoms with E-state index in [4.69, 9.17) is 13.8 Å². The van der Waals surface area contributed by atoms with Gasteiger partial charge in [-0.2, -0.15) is 0 Å². The first-order chi connectivity index (χ1) is 12.9. The number of halogens is 3. The fourth-order valence-corrected chi connectivity index (χ4v) is 3.61. The van der Waals surface area contributed by atoms with E-state index in [1.165, 1.54) is 6.92 Å². The number of urea groups is 1. The number of allylic oxidation sites excluding steroid dienone is 1. The van der Waals surface area contributed by atoms with Crippen LogP contribution in [0.1, 0.15) is 27.2 Å². The molecule has 2 aliphatic rings. The average Bonchev–Trinajstić information content (AvgIpc) is 2.92. The Morgan fingerprint density at radius 2 is 2.07 bits per heavy atom. The van der Waals surface area contributed by atoms with Crippen LogP contribution in [-0.4, -0.2) is 53.0 Å². The van der Waals surface area contributed by atoms with Crippen LogP contribution in [-0.2, 0) is 18.3 Å². The van der Waals surface area contributed by atoms with Gasteiger partial charge in [-0.15, -0.1) is 9.24 Å². The molecule has 0 aromatic heterocycles. The van der Waals surface area contributed by atoms with Crippen molar-refractivity contribution in [1.29, 1.82) is 0 Å². The van der Waals surface area contributed by atoms with E-state index in [-0.39, 0.29) is 18.5 Å². The van der Waals surface area contributed by atoms with Gasteiger partial charge in [-0.25, -0.2) is 22.5 Å². The van der Waals surface area contributed by atoms with Gasteiger partial charge < -0.3 is 14.9 Å². The molecule has 1 saturated heterocycles. The van der Waals surface area contributed by atoms with E-state index in [1.54, 1.807) is 13.8 Å². The van der Waals surface area contributed by atoms with Crippen LogP contribution < -0.4 is 5.32 Å². The minimum absolute atomic E-state index is 0.201. The number of carbonyl (C=O) groups excluding carboxylic acids is 1. The van der Waals surface area contributed by atoms with Gasteiger partial charge in [0.05, 0.1) is 24.0 Å². The molecular formula is C15H25F3N2O6P2. The third-order valence-corrected chi connectivity index (χ3v) is 4.84. The van der Waals surface area contributed by atoms with Crippen LogP contribution in [0.4, 0.5) is 18.0 Å². The number of phosphoric acid groups is 1. The molecule has 2 amide bonds. The number of phosphoric ester groups is 1. The minimum atomic E-state index is -4.34. The third kappa shape index (κ3) is 7.13. The van der Waals surface area contributed by atoms with Crippen LogP contribution >= 0.6 is 17.1 Å². The van der Waals surface area contributed by atoms with E-state index >= 15 is 0 Å². The Morgan fingerprint density at radius 1 is 1.50 bits per heavy atom. The Morgan fingerprint density at radius 3 is 2.61 bits per heavy atom. The molecule has 162 valence electrons. The summed E-state index contributed by atoms with van der Waals surface area (Å²) < 4.78 is 65.1. The van der Waals surface area contributed by atoms with Crippen molar-refractivity contribution in [2.24, 2.45) is 0 Å². The van der Waals surface area contributed by atoms with Gasteiger partial charge >= 0.3 is 13.9 Å². The maximum absolute atomic E-state index is 14.3. The van der Waals surface area contributed by atoms with E-state index in [0.717, 1.165) is 11.1 Å². The predicted molar refractivity (Wildman–Crippen MR) is 99.2 cm³/mol. The lowest BCUT2D eigenvalue weighted by atomic mass is 10.1. The van der Waals surface area contributed by atoms with Crippen LogP contribution in [0.2, 0.25) is 0 Å². The molecular weight excluding hydrogens is 423 g/mol. The maximum Gasteiger partial charge on any atom is 0.472 e. The summed E-state index contributed by atoms with van der Waals surface area (Å²) >= 11 is 0. The minimum Gasteiger partial charge on any atom is -0.349 e. The molecule has 1 fully saturated rings. The Balaban J connectivity index is 0.00000122. The summed E-state index contributed by atoms with van der Waals surface area (Å²) in [4.78, 5) is 22.2. The van der Waals surface area contributed by atoms with Gasteiger partial charge in [0.15, 0.2) is 12.1 Å². The average molecular weight is 448 g/mol. The summed E-state index contributed by atoms with van der Waals surface area (Å²) in [6.07, 6.45) is -5.23. The van der Waals surface area contributed by atoms with E-state index in [0.29, 0.717) is 0 Å². The van der Waals surface area contributed by atoms with Crippen LogP contribution in [0.5, 0.6) is 0 Å². The SMILES string of the molecule is C=C1NC(=O)N(C2OC([C@H](C)OP(=O)(O)OC(C)C)CC2F)C=C1F.FCP. The highest BCUT2D eigenvalue weighted by Gasteiger charge is 2.45. The molecule has 2 rings (SSSR count). The molecule has 0 aliphatic carbocycles. The highest BCUT2D eigenvalue weighted by Crippen LogP contribution is 2.47. The van der Waals surface area contributed by atoms with Crippen molar-refractivity contribution in [3.63, 3.8) is 0 Å². The van der Waals surface area contributed by atoms with E-state index in [1.807, 2.05) is 9.24 Å². The second-order valence-corrected chi connectivity index (χ2v) is 7.86. The van der Waals surface area contributed by atoms with Crippen LogP contribution in [0.25, 0.3) is 0 Å². The lowest BCUT2D eigenvalue weighted by Gasteiger charge is -2.30. The summed E-state index contributed by atoms with van der Waals surface area (Å²) in [6.45, 7) is 7.83. The van der Waals surface area contributed by atoms with Crippen molar-refractivity contribution in [1.82, 2.24) is 10.2 Å². The van der Waals surface area contributed by atoms with Gasteiger partial charge in [0.2, 0.25) is 0 Å². The van der Waals surface area contributed by atoms with Crippen LogP contribution in [0, 0.1) is 0 Å². The predicted octanol–water partition coefficient (Wildman–Crippen LogP) is 3.51. The Kier molecular flexibility index (Phi) is 9.59. The Bertz CT molecular complexity index is 651. The lowest BCUT2D eigenvalue weighted by molar-refractivity contribution is -0.0737. The monoisotopic (exact) mass is 448 g/mol. The zero-order chi connectivity index (χ0) is 21.6. The van der Waals surface area contributed by atoms with Crippen molar-refractivity contribution >= 4 is 23.1 Å². The van der Waals surface area contributed by atoms with Crippen molar-refractivity contribution in [3.8, 4) is 0 Å². The number of nitrogens with zero attached hydrogens (tertiary/aromatic N) is 1. The number of carbonyl (C=O) groups is 1. The van der Waals surface area contributed by atoms with E-state index in [9.17, 15) is 27.4 Å². The first kappa shape index (κ1) is 25.1. The number of hydrogen-bond donors (Lipinski definition) is 2. The third-order valence-electron chi connectivity index (χ3n) is 3.56. The summed E-state index contributed by atoms with van der Waals surface area (Å²) in [5, 5.41) is 2.15. The van der Waals surface area contributed by atoms with E-state index in [2.05, 4.69) is 11.9 Å². The summed E-state index contributed by atoms with van der Waals surface area (Å²) in [7, 11) is -2.43. The van der Waals surface area contributed by atoms with Gasteiger partial charge in [-0.05, 0) is 20.8 Å². The molecule has 8 nitrogen and oxygen atoms in total. The van der Waals surface area contributed by atoms with Gasteiger partial charge in [0, 0.05) is 12.6 Å². The zero-order valence-electron chi connectivity index (χ0n) is 15.7. The molecule has 2 N–H and O–H groups in total. The van der Waals surface area contributed by atoms with Crippen LogP contribution in [0.3, 0.4) is 0 Å². The quantitative estimate of drug-likeness (QED) is 0.604. The lowest BCUT2D eigenvalue weighted by Crippen LogP contribution is -2.48. The molecule has 6 atom stereocenters. The topological polar surface area (TPSA) is 97.3 Å². The molecule has 5 unspecified atom stereocenters. The molecule has 0 aromatic rings. The van der Waals surface area contributed by atoms with Crippen molar-refractivity contribution < 1.29 is 41.2 Å². The van der Waals surface area contributed by atoms with Crippen LogP contribution in [0.15, 0.2) is 24.3 Å². The Labute approximate surface area is 163 Å². The molecule has 2 heterocycles. The number of rotatable bonds is 6. The summed E-state index contributed by atoms with van der Waals surface area (Å²) in [5.41, 5.74) is -0.227. The molecule has 0 radical (unpaired) electrons. The normalized spacial score (nSPS) is 28.2. The van der Waals surface area contributed by atoms with Gasteiger partial charge in [0.1, 0.15) is 12.6 Å². The molecule has 0 saturated carbocycles.